The molecule has 2 fully saturated rings. The Labute approximate surface area is 111 Å². The number of piperidine rings is 2. The van der Waals surface area contributed by atoms with Crippen molar-refractivity contribution in [1.82, 2.24) is 9.80 Å². The standard InChI is InChI=1S/C14H28N4/c1-12-4-3-7-18(11-12)14(15)16-10-13-5-8-17(2)9-6-13/h12-13H,3-11H2,1-2H3,(H2,15,16). The van der Waals surface area contributed by atoms with Gasteiger partial charge >= 0.3 is 0 Å². The maximum absolute atomic E-state index is 6.12. The van der Waals surface area contributed by atoms with Gasteiger partial charge in [-0.05, 0) is 57.7 Å². The summed E-state index contributed by atoms with van der Waals surface area (Å²) in [6, 6.07) is 0. The Balaban J connectivity index is 1.77. The molecule has 0 spiro atoms. The SMILES string of the molecule is CC1CCCN(C(N)=NCC2CCN(C)CC2)C1. The van der Waals surface area contributed by atoms with E-state index in [9.17, 15) is 0 Å². The zero-order chi connectivity index (χ0) is 13.0. The van der Waals surface area contributed by atoms with Crippen LogP contribution in [0.25, 0.3) is 0 Å². The molecule has 0 aromatic heterocycles. The van der Waals surface area contributed by atoms with Crippen LogP contribution in [0.3, 0.4) is 0 Å². The van der Waals surface area contributed by atoms with Gasteiger partial charge in [0.15, 0.2) is 5.96 Å². The fourth-order valence-electron chi connectivity index (χ4n) is 2.96. The van der Waals surface area contributed by atoms with Crippen molar-refractivity contribution >= 4 is 5.96 Å². The third kappa shape index (κ3) is 3.87. The van der Waals surface area contributed by atoms with Crippen LogP contribution in [0.2, 0.25) is 0 Å². The Morgan fingerprint density at radius 1 is 1.22 bits per heavy atom. The molecular weight excluding hydrogens is 224 g/mol. The predicted octanol–water partition coefficient (Wildman–Crippen LogP) is 1.37. The largest absolute Gasteiger partial charge is 0.370 e. The summed E-state index contributed by atoms with van der Waals surface area (Å²) in [5, 5.41) is 0. The summed E-state index contributed by atoms with van der Waals surface area (Å²) < 4.78 is 0. The van der Waals surface area contributed by atoms with E-state index in [2.05, 4.69) is 28.8 Å². The summed E-state index contributed by atoms with van der Waals surface area (Å²) >= 11 is 0. The number of hydrogen-bond donors (Lipinski definition) is 1. The lowest BCUT2D eigenvalue weighted by Gasteiger charge is -2.32. The molecule has 2 aliphatic heterocycles. The zero-order valence-electron chi connectivity index (χ0n) is 11.9. The number of hydrogen-bond acceptors (Lipinski definition) is 2. The second kappa shape index (κ2) is 6.41. The summed E-state index contributed by atoms with van der Waals surface area (Å²) in [7, 11) is 2.20. The molecule has 0 amide bonds. The minimum atomic E-state index is 0.738. The fraction of sp³-hybridized carbons (Fsp3) is 0.929. The number of guanidine groups is 1. The van der Waals surface area contributed by atoms with Crippen LogP contribution >= 0.6 is 0 Å². The van der Waals surface area contributed by atoms with Gasteiger partial charge in [-0.2, -0.15) is 0 Å². The van der Waals surface area contributed by atoms with Gasteiger partial charge < -0.3 is 15.5 Å². The first-order chi connectivity index (χ1) is 8.65. The number of aliphatic imine (C=N–C) groups is 1. The van der Waals surface area contributed by atoms with E-state index in [-0.39, 0.29) is 0 Å². The number of nitrogens with two attached hydrogens (primary N) is 1. The van der Waals surface area contributed by atoms with Crippen molar-refractivity contribution in [2.45, 2.75) is 32.6 Å². The lowest BCUT2D eigenvalue weighted by Crippen LogP contribution is -2.43. The smallest absolute Gasteiger partial charge is 0.191 e. The summed E-state index contributed by atoms with van der Waals surface area (Å²) in [5.41, 5.74) is 6.12. The molecule has 2 heterocycles. The minimum Gasteiger partial charge on any atom is -0.370 e. The van der Waals surface area contributed by atoms with Gasteiger partial charge in [-0.15, -0.1) is 0 Å². The Bertz CT molecular complexity index is 282. The first kappa shape index (κ1) is 13.7. The molecule has 4 nitrogen and oxygen atoms in total. The van der Waals surface area contributed by atoms with Gasteiger partial charge in [-0.3, -0.25) is 4.99 Å². The molecule has 1 unspecified atom stereocenters. The number of nitrogens with zero attached hydrogens (tertiary/aromatic N) is 3. The average Bonchev–Trinajstić information content (AvgIpc) is 2.38. The fourth-order valence-corrected chi connectivity index (χ4v) is 2.96. The van der Waals surface area contributed by atoms with E-state index in [4.69, 9.17) is 5.73 Å². The first-order valence-corrected chi connectivity index (χ1v) is 7.38. The Morgan fingerprint density at radius 3 is 2.61 bits per heavy atom. The molecule has 2 aliphatic rings. The topological polar surface area (TPSA) is 44.9 Å². The molecular formula is C14H28N4. The van der Waals surface area contributed by atoms with E-state index in [1.807, 2.05) is 0 Å². The van der Waals surface area contributed by atoms with E-state index < -0.39 is 0 Å². The summed E-state index contributed by atoms with van der Waals surface area (Å²) in [5.74, 6) is 2.28. The Morgan fingerprint density at radius 2 is 1.94 bits per heavy atom. The monoisotopic (exact) mass is 252 g/mol. The van der Waals surface area contributed by atoms with Crippen LogP contribution in [0.4, 0.5) is 0 Å². The van der Waals surface area contributed by atoms with Gasteiger partial charge in [-0.1, -0.05) is 6.92 Å². The molecule has 0 aromatic carbocycles. The highest BCUT2D eigenvalue weighted by Crippen LogP contribution is 2.17. The Hall–Kier alpha value is -0.770. The van der Waals surface area contributed by atoms with E-state index >= 15 is 0 Å². The highest BCUT2D eigenvalue weighted by atomic mass is 15.3. The van der Waals surface area contributed by atoms with Crippen LogP contribution in [0.5, 0.6) is 0 Å². The van der Waals surface area contributed by atoms with Crippen molar-refractivity contribution in [3.05, 3.63) is 0 Å². The first-order valence-electron chi connectivity index (χ1n) is 7.38. The third-order valence-corrected chi connectivity index (χ3v) is 4.33. The van der Waals surface area contributed by atoms with Crippen molar-refractivity contribution in [3.8, 4) is 0 Å². The van der Waals surface area contributed by atoms with Gasteiger partial charge in [0.1, 0.15) is 0 Å². The second-order valence-electron chi connectivity index (χ2n) is 6.14. The van der Waals surface area contributed by atoms with Crippen LogP contribution < -0.4 is 5.73 Å². The van der Waals surface area contributed by atoms with Gasteiger partial charge in [0.25, 0.3) is 0 Å². The van der Waals surface area contributed by atoms with Crippen molar-refractivity contribution in [3.63, 3.8) is 0 Å². The van der Waals surface area contributed by atoms with Crippen LogP contribution in [0.1, 0.15) is 32.6 Å². The number of likely N-dealkylation sites (tertiary alicyclic amines) is 2. The lowest BCUT2D eigenvalue weighted by atomic mass is 9.97. The molecule has 0 radical (unpaired) electrons. The van der Waals surface area contributed by atoms with Crippen LogP contribution in [0, 0.1) is 11.8 Å². The molecule has 18 heavy (non-hydrogen) atoms. The molecule has 2 N–H and O–H groups in total. The molecule has 1 atom stereocenters. The molecule has 104 valence electrons. The molecule has 0 bridgehead atoms. The van der Waals surface area contributed by atoms with E-state index in [1.165, 1.54) is 38.8 Å². The van der Waals surface area contributed by atoms with Crippen molar-refractivity contribution in [1.29, 1.82) is 0 Å². The highest BCUT2D eigenvalue weighted by Gasteiger charge is 2.19. The zero-order valence-corrected chi connectivity index (χ0v) is 11.9. The molecule has 4 heteroatoms. The predicted molar refractivity (Wildman–Crippen MR) is 76.7 cm³/mol. The van der Waals surface area contributed by atoms with Crippen LogP contribution in [0.15, 0.2) is 4.99 Å². The highest BCUT2D eigenvalue weighted by molar-refractivity contribution is 5.78. The number of rotatable bonds is 2. The second-order valence-corrected chi connectivity index (χ2v) is 6.14. The Kier molecular flexibility index (Phi) is 4.87. The van der Waals surface area contributed by atoms with Gasteiger partial charge in [0.2, 0.25) is 0 Å². The van der Waals surface area contributed by atoms with Crippen molar-refractivity contribution in [2.75, 3.05) is 39.8 Å². The molecule has 2 rings (SSSR count). The van der Waals surface area contributed by atoms with Gasteiger partial charge in [0, 0.05) is 19.6 Å². The molecule has 2 saturated heterocycles. The van der Waals surface area contributed by atoms with Crippen LogP contribution in [-0.4, -0.2) is 55.5 Å². The van der Waals surface area contributed by atoms with Crippen LogP contribution in [-0.2, 0) is 0 Å². The van der Waals surface area contributed by atoms with Gasteiger partial charge in [0.05, 0.1) is 0 Å². The normalized spacial score (nSPS) is 28.7. The molecule has 0 aliphatic carbocycles. The summed E-state index contributed by atoms with van der Waals surface area (Å²) in [6.07, 6.45) is 5.12. The van der Waals surface area contributed by atoms with Crippen molar-refractivity contribution < 1.29 is 0 Å². The summed E-state index contributed by atoms with van der Waals surface area (Å²) in [4.78, 5) is 9.30. The van der Waals surface area contributed by atoms with Gasteiger partial charge in [-0.25, -0.2) is 0 Å². The van der Waals surface area contributed by atoms with E-state index in [0.29, 0.717) is 0 Å². The molecule has 0 aromatic rings. The summed E-state index contributed by atoms with van der Waals surface area (Å²) in [6.45, 7) is 7.82. The van der Waals surface area contributed by atoms with Crippen molar-refractivity contribution in [2.24, 2.45) is 22.6 Å². The molecule has 0 saturated carbocycles. The quantitative estimate of drug-likeness (QED) is 0.596. The maximum atomic E-state index is 6.12. The third-order valence-electron chi connectivity index (χ3n) is 4.33. The lowest BCUT2D eigenvalue weighted by molar-refractivity contribution is 0.222. The minimum absolute atomic E-state index is 0.738. The van der Waals surface area contributed by atoms with E-state index in [1.54, 1.807) is 0 Å². The average molecular weight is 252 g/mol. The maximum Gasteiger partial charge on any atom is 0.191 e. The van der Waals surface area contributed by atoms with E-state index in [0.717, 1.165) is 37.4 Å².